The van der Waals surface area contributed by atoms with Crippen molar-refractivity contribution in [1.29, 1.82) is 0 Å². The fourth-order valence-electron chi connectivity index (χ4n) is 2.39. The molecule has 1 aliphatic rings. The van der Waals surface area contributed by atoms with Crippen LogP contribution in [0.25, 0.3) is 0 Å². The zero-order valence-corrected chi connectivity index (χ0v) is 12.2. The van der Waals surface area contributed by atoms with E-state index in [1.54, 1.807) is 0 Å². The molecule has 0 aromatic carbocycles. The van der Waals surface area contributed by atoms with Gasteiger partial charge in [-0.2, -0.15) is 4.98 Å². The smallest absolute Gasteiger partial charge is 0.228 e. The highest BCUT2D eigenvalue weighted by atomic mass is 16.5. The Morgan fingerprint density at radius 2 is 2.26 bits per heavy atom. The van der Waals surface area contributed by atoms with E-state index in [9.17, 15) is 0 Å². The number of aromatic nitrogens is 2. The molecule has 1 aromatic heterocycles. The van der Waals surface area contributed by atoms with Gasteiger partial charge in [0.2, 0.25) is 11.7 Å². The average Bonchev–Trinajstić information content (AvgIpc) is 2.86. The summed E-state index contributed by atoms with van der Waals surface area (Å²) in [5.41, 5.74) is -0.361. The molecule has 0 amide bonds. The maximum Gasteiger partial charge on any atom is 0.228 e. The number of nitrogens with one attached hydrogen (secondary N) is 1. The first kappa shape index (κ1) is 14.5. The number of hydrogen-bond acceptors (Lipinski definition) is 5. The molecule has 0 spiro atoms. The summed E-state index contributed by atoms with van der Waals surface area (Å²) in [5, 5.41) is 7.53. The quantitative estimate of drug-likeness (QED) is 0.857. The van der Waals surface area contributed by atoms with E-state index in [1.807, 2.05) is 0 Å². The maximum atomic E-state index is 5.83. The third-order valence-corrected chi connectivity index (χ3v) is 3.63. The van der Waals surface area contributed by atoms with Crippen LogP contribution in [0.4, 0.5) is 0 Å². The van der Waals surface area contributed by atoms with Crippen molar-refractivity contribution in [3.63, 3.8) is 0 Å². The molecular formula is C14H25N3O2. The lowest BCUT2D eigenvalue weighted by Gasteiger charge is -2.30. The van der Waals surface area contributed by atoms with Crippen molar-refractivity contribution < 1.29 is 9.26 Å². The van der Waals surface area contributed by atoms with Crippen LogP contribution in [0.2, 0.25) is 0 Å². The molecule has 5 nitrogen and oxygen atoms in total. The van der Waals surface area contributed by atoms with Gasteiger partial charge in [-0.3, -0.25) is 0 Å². The highest BCUT2D eigenvalue weighted by Crippen LogP contribution is 2.32. The number of nitrogens with zero attached hydrogens (tertiary/aromatic N) is 2. The molecule has 0 saturated carbocycles. The van der Waals surface area contributed by atoms with Gasteiger partial charge in [0.15, 0.2) is 0 Å². The van der Waals surface area contributed by atoms with Crippen LogP contribution in [0.5, 0.6) is 0 Å². The van der Waals surface area contributed by atoms with Gasteiger partial charge >= 0.3 is 0 Å². The summed E-state index contributed by atoms with van der Waals surface area (Å²) in [6.45, 7) is 8.15. The second kappa shape index (κ2) is 6.48. The van der Waals surface area contributed by atoms with Crippen LogP contribution in [0.1, 0.15) is 58.2 Å². The minimum absolute atomic E-state index is 0.355. The summed E-state index contributed by atoms with van der Waals surface area (Å²) in [5.74, 6) is 1.39. The van der Waals surface area contributed by atoms with Crippen molar-refractivity contribution in [1.82, 2.24) is 15.5 Å². The van der Waals surface area contributed by atoms with Gasteiger partial charge in [-0.05, 0) is 46.1 Å². The summed E-state index contributed by atoms with van der Waals surface area (Å²) in [6.07, 6.45) is 5.15. The van der Waals surface area contributed by atoms with E-state index in [-0.39, 0.29) is 5.60 Å². The summed E-state index contributed by atoms with van der Waals surface area (Å²) >= 11 is 0. The van der Waals surface area contributed by atoms with E-state index in [0.717, 1.165) is 45.3 Å². The molecule has 5 heteroatoms. The van der Waals surface area contributed by atoms with Gasteiger partial charge in [-0.25, -0.2) is 0 Å². The molecule has 0 radical (unpaired) electrons. The molecule has 1 fully saturated rings. The first-order chi connectivity index (χ1) is 9.14. The summed E-state index contributed by atoms with van der Waals surface area (Å²) in [6, 6.07) is 0.355. The van der Waals surface area contributed by atoms with Gasteiger partial charge in [0.05, 0.1) is 0 Å². The third-order valence-electron chi connectivity index (χ3n) is 3.63. The molecule has 2 atom stereocenters. The van der Waals surface area contributed by atoms with Crippen LogP contribution in [0.3, 0.4) is 0 Å². The fourth-order valence-corrected chi connectivity index (χ4v) is 2.39. The fraction of sp³-hybridized carbons (Fsp3) is 0.857. The second-order valence-electron chi connectivity index (χ2n) is 5.61. The molecule has 19 heavy (non-hydrogen) atoms. The zero-order valence-electron chi connectivity index (χ0n) is 12.2. The van der Waals surface area contributed by atoms with E-state index < -0.39 is 0 Å². The molecule has 1 N–H and O–H groups in total. The minimum atomic E-state index is -0.361. The van der Waals surface area contributed by atoms with E-state index in [4.69, 9.17) is 9.26 Å². The van der Waals surface area contributed by atoms with Gasteiger partial charge in [0.25, 0.3) is 0 Å². The monoisotopic (exact) mass is 267 g/mol. The molecule has 0 bridgehead atoms. The third kappa shape index (κ3) is 3.76. The molecular weight excluding hydrogens is 242 g/mol. The van der Waals surface area contributed by atoms with Gasteiger partial charge in [0, 0.05) is 19.1 Å². The maximum absolute atomic E-state index is 5.83. The molecule has 108 valence electrons. The minimum Gasteiger partial charge on any atom is -0.367 e. The Hall–Kier alpha value is -0.940. The first-order valence-electron chi connectivity index (χ1n) is 7.34. The highest BCUT2D eigenvalue weighted by Gasteiger charge is 2.34. The Morgan fingerprint density at radius 3 is 2.95 bits per heavy atom. The highest BCUT2D eigenvalue weighted by molar-refractivity contribution is 5.01. The predicted octanol–water partition coefficient (Wildman–Crippen LogP) is 2.42. The summed E-state index contributed by atoms with van der Waals surface area (Å²) in [4.78, 5) is 4.51. The molecule has 1 aromatic rings. The zero-order chi connectivity index (χ0) is 13.7. The molecule has 1 saturated heterocycles. The van der Waals surface area contributed by atoms with Crippen molar-refractivity contribution >= 4 is 0 Å². The average molecular weight is 267 g/mol. The lowest BCUT2D eigenvalue weighted by Crippen LogP contribution is -2.31. The lowest BCUT2D eigenvalue weighted by molar-refractivity contribution is -0.0770. The number of ether oxygens (including phenoxy) is 1. The topological polar surface area (TPSA) is 60.2 Å². The van der Waals surface area contributed by atoms with Gasteiger partial charge in [0.1, 0.15) is 5.60 Å². The van der Waals surface area contributed by atoms with E-state index in [1.165, 1.54) is 0 Å². The van der Waals surface area contributed by atoms with E-state index in [0.29, 0.717) is 17.8 Å². The van der Waals surface area contributed by atoms with Crippen molar-refractivity contribution in [3.05, 3.63) is 11.7 Å². The van der Waals surface area contributed by atoms with Crippen LogP contribution in [0, 0.1) is 0 Å². The van der Waals surface area contributed by atoms with Crippen molar-refractivity contribution in [2.24, 2.45) is 0 Å². The summed E-state index contributed by atoms with van der Waals surface area (Å²) in [7, 11) is 0. The number of rotatable bonds is 6. The van der Waals surface area contributed by atoms with Crippen LogP contribution in [-0.2, 0) is 16.8 Å². The van der Waals surface area contributed by atoms with E-state index >= 15 is 0 Å². The van der Waals surface area contributed by atoms with E-state index in [2.05, 4.69) is 36.2 Å². The summed E-state index contributed by atoms with van der Waals surface area (Å²) < 4.78 is 11.2. The molecule has 1 aliphatic heterocycles. The molecule has 0 aliphatic carbocycles. The Bertz CT molecular complexity index is 386. The van der Waals surface area contributed by atoms with Gasteiger partial charge < -0.3 is 14.6 Å². The molecule has 2 heterocycles. The molecule has 2 rings (SSSR count). The van der Waals surface area contributed by atoms with Crippen LogP contribution in [-0.4, -0.2) is 29.3 Å². The standard InChI is InChI=1S/C14H25N3O2/c1-4-8-15-11(2)10-12-16-13(17-19-12)14(3)7-5-6-9-18-14/h11,15H,4-10H2,1-3H3. The Labute approximate surface area is 115 Å². The van der Waals surface area contributed by atoms with Gasteiger partial charge in [-0.15, -0.1) is 0 Å². The van der Waals surface area contributed by atoms with Crippen molar-refractivity contribution in [2.45, 2.75) is 64.5 Å². The first-order valence-corrected chi connectivity index (χ1v) is 7.34. The van der Waals surface area contributed by atoms with Crippen LogP contribution < -0.4 is 5.32 Å². The van der Waals surface area contributed by atoms with Crippen LogP contribution in [0.15, 0.2) is 4.52 Å². The van der Waals surface area contributed by atoms with Crippen molar-refractivity contribution in [2.75, 3.05) is 13.2 Å². The number of hydrogen-bond donors (Lipinski definition) is 1. The largest absolute Gasteiger partial charge is 0.367 e. The SMILES string of the molecule is CCCNC(C)Cc1nc(C2(C)CCCCO2)no1. The predicted molar refractivity (Wildman–Crippen MR) is 72.9 cm³/mol. The normalized spacial score (nSPS) is 25.4. The Balaban J connectivity index is 1.94. The second-order valence-corrected chi connectivity index (χ2v) is 5.61. The van der Waals surface area contributed by atoms with Crippen molar-refractivity contribution in [3.8, 4) is 0 Å². The lowest BCUT2D eigenvalue weighted by atomic mass is 9.95. The van der Waals surface area contributed by atoms with Gasteiger partial charge in [-0.1, -0.05) is 12.1 Å². The Kier molecular flexibility index (Phi) is 4.93. The van der Waals surface area contributed by atoms with Crippen LogP contribution >= 0.6 is 0 Å². The molecule has 2 unspecified atom stereocenters. The Morgan fingerprint density at radius 1 is 1.42 bits per heavy atom.